The fourth-order valence-corrected chi connectivity index (χ4v) is 5.34. The van der Waals surface area contributed by atoms with E-state index in [0.29, 0.717) is 18.4 Å². The van der Waals surface area contributed by atoms with Crippen molar-refractivity contribution >= 4 is 0 Å². The van der Waals surface area contributed by atoms with Crippen molar-refractivity contribution in [2.24, 2.45) is 5.92 Å². The first-order valence-corrected chi connectivity index (χ1v) is 11.2. The predicted octanol–water partition coefficient (Wildman–Crippen LogP) is 7.38. The zero-order chi connectivity index (χ0) is 20.6. The molecule has 1 heterocycles. The summed E-state index contributed by atoms with van der Waals surface area (Å²) in [5.74, 6) is 3.09. The molecule has 30 heavy (non-hydrogen) atoms. The summed E-state index contributed by atoms with van der Waals surface area (Å²) >= 11 is 0. The third-order valence-electron chi connectivity index (χ3n) is 6.85. The molecular formula is C28H30O2. The molecule has 1 fully saturated rings. The second-order valence-electron chi connectivity index (χ2n) is 9.23. The highest BCUT2D eigenvalue weighted by molar-refractivity contribution is 5.75. The van der Waals surface area contributed by atoms with Gasteiger partial charge in [-0.3, -0.25) is 0 Å². The molecule has 0 saturated heterocycles. The molecule has 0 aromatic heterocycles. The van der Waals surface area contributed by atoms with Crippen LogP contribution in [0.5, 0.6) is 11.5 Å². The van der Waals surface area contributed by atoms with Crippen molar-refractivity contribution in [3.05, 3.63) is 83.9 Å². The highest BCUT2D eigenvalue weighted by Gasteiger charge is 2.45. The van der Waals surface area contributed by atoms with Gasteiger partial charge < -0.3 is 9.47 Å². The lowest BCUT2D eigenvalue weighted by Crippen LogP contribution is -2.45. The van der Waals surface area contributed by atoms with Crippen LogP contribution in [-0.2, 0) is 6.61 Å². The lowest BCUT2D eigenvalue weighted by molar-refractivity contribution is -0.00580. The smallest absolute Gasteiger partial charge is 0.131 e. The fourth-order valence-electron chi connectivity index (χ4n) is 5.34. The molecular weight excluding hydrogens is 368 g/mol. The van der Waals surface area contributed by atoms with Gasteiger partial charge in [-0.2, -0.15) is 0 Å². The Morgan fingerprint density at radius 1 is 0.900 bits per heavy atom. The van der Waals surface area contributed by atoms with Crippen LogP contribution < -0.4 is 9.47 Å². The quantitative estimate of drug-likeness (QED) is 0.456. The third kappa shape index (κ3) is 3.60. The van der Waals surface area contributed by atoms with Crippen LogP contribution in [0, 0.1) is 5.92 Å². The predicted molar refractivity (Wildman–Crippen MR) is 122 cm³/mol. The Morgan fingerprint density at radius 2 is 1.60 bits per heavy atom. The zero-order valence-corrected chi connectivity index (χ0v) is 17.9. The van der Waals surface area contributed by atoms with Crippen LogP contribution >= 0.6 is 0 Å². The first-order valence-electron chi connectivity index (χ1n) is 11.2. The van der Waals surface area contributed by atoms with Gasteiger partial charge in [-0.05, 0) is 55.9 Å². The molecule has 3 aromatic rings. The second-order valence-corrected chi connectivity index (χ2v) is 9.23. The lowest BCUT2D eigenvalue weighted by Gasteiger charge is -2.48. The molecule has 1 aliphatic carbocycles. The zero-order valence-electron chi connectivity index (χ0n) is 17.9. The van der Waals surface area contributed by atoms with Crippen molar-refractivity contribution in [1.82, 2.24) is 0 Å². The maximum absolute atomic E-state index is 6.74. The van der Waals surface area contributed by atoms with E-state index in [9.17, 15) is 0 Å². The number of hydrogen-bond donors (Lipinski definition) is 0. The number of benzene rings is 3. The number of fused-ring (bicyclic) bond motifs is 3. The van der Waals surface area contributed by atoms with Crippen LogP contribution in [0.4, 0.5) is 0 Å². The van der Waals surface area contributed by atoms with Crippen molar-refractivity contribution in [3.8, 4) is 22.6 Å². The summed E-state index contributed by atoms with van der Waals surface area (Å²) in [7, 11) is 0. The largest absolute Gasteiger partial charge is 0.489 e. The Labute approximate surface area is 179 Å². The number of ether oxygens (including phenoxy) is 2. The molecule has 2 heteroatoms. The van der Waals surface area contributed by atoms with Crippen LogP contribution in [0.2, 0.25) is 0 Å². The minimum atomic E-state index is -0.145. The van der Waals surface area contributed by atoms with E-state index in [4.69, 9.17) is 9.47 Å². The van der Waals surface area contributed by atoms with E-state index in [-0.39, 0.29) is 5.60 Å². The first-order chi connectivity index (χ1) is 14.6. The molecule has 0 radical (unpaired) electrons. The van der Waals surface area contributed by atoms with Crippen molar-refractivity contribution < 1.29 is 9.47 Å². The van der Waals surface area contributed by atoms with Gasteiger partial charge in [0, 0.05) is 17.0 Å². The average Bonchev–Trinajstić information content (AvgIpc) is 2.79. The Bertz CT molecular complexity index is 1010. The van der Waals surface area contributed by atoms with Crippen molar-refractivity contribution in [1.29, 1.82) is 0 Å². The highest BCUT2D eigenvalue weighted by atomic mass is 16.5. The van der Waals surface area contributed by atoms with Gasteiger partial charge in [-0.25, -0.2) is 0 Å². The molecule has 1 aliphatic heterocycles. The van der Waals surface area contributed by atoms with Crippen LogP contribution in [0.25, 0.3) is 11.1 Å². The van der Waals surface area contributed by atoms with E-state index in [0.717, 1.165) is 17.1 Å². The molecule has 0 amide bonds. The van der Waals surface area contributed by atoms with Crippen molar-refractivity contribution in [2.75, 3.05) is 0 Å². The summed E-state index contributed by atoms with van der Waals surface area (Å²) in [6.45, 7) is 5.12. The number of hydrogen-bond acceptors (Lipinski definition) is 2. The normalized spacial score (nSPS) is 21.8. The van der Waals surface area contributed by atoms with Gasteiger partial charge in [0.25, 0.3) is 0 Å². The van der Waals surface area contributed by atoms with Crippen LogP contribution in [0.1, 0.15) is 56.6 Å². The minimum absolute atomic E-state index is 0.145. The maximum atomic E-state index is 6.74. The van der Waals surface area contributed by atoms with Gasteiger partial charge in [-0.15, -0.1) is 0 Å². The Hall–Kier alpha value is -2.74. The molecule has 2 aliphatic rings. The molecule has 2 nitrogen and oxygen atoms in total. The molecule has 1 saturated carbocycles. The van der Waals surface area contributed by atoms with Crippen molar-refractivity contribution in [3.63, 3.8) is 0 Å². The highest BCUT2D eigenvalue weighted by Crippen LogP contribution is 2.55. The van der Waals surface area contributed by atoms with Crippen LogP contribution in [0.15, 0.2) is 72.8 Å². The summed E-state index contributed by atoms with van der Waals surface area (Å²) in [5, 5.41) is 0. The van der Waals surface area contributed by atoms with E-state index in [2.05, 4.69) is 80.6 Å². The summed E-state index contributed by atoms with van der Waals surface area (Å²) in [4.78, 5) is 0. The van der Waals surface area contributed by atoms with Gasteiger partial charge in [0.05, 0.1) is 0 Å². The Kier molecular flexibility index (Phi) is 5.02. The lowest BCUT2D eigenvalue weighted by atomic mass is 9.66. The molecule has 0 spiro atoms. The Balaban J connectivity index is 1.59. The second kappa shape index (κ2) is 7.83. The molecule has 0 unspecified atom stereocenters. The van der Waals surface area contributed by atoms with E-state index < -0.39 is 0 Å². The third-order valence-corrected chi connectivity index (χ3v) is 6.85. The van der Waals surface area contributed by atoms with Gasteiger partial charge >= 0.3 is 0 Å². The number of rotatable bonds is 4. The van der Waals surface area contributed by atoms with Crippen molar-refractivity contribution in [2.45, 2.75) is 57.7 Å². The summed E-state index contributed by atoms with van der Waals surface area (Å²) in [5.41, 5.74) is 4.71. The van der Waals surface area contributed by atoms with Crippen LogP contribution in [-0.4, -0.2) is 5.60 Å². The average molecular weight is 399 g/mol. The van der Waals surface area contributed by atoms with E-state index >= 15 is 0 Å². The van der Waals surface area contributed by atoms with Gasteiger partial charge in [0.2, 0.25) is 0 Å². The standard InChI is InChI=1S/C28H30O2/c1-28(2)26-16-10-9-15-23(26)25-18-22(29-19-20-11-5-3-6-12-20)17-24(27(25)30-28)21-13-7-4-8-14-21/h3-8,11-14,17-18,23,26H,9-10,15-16,19H2,1-2H3/t23-,26+/m0/s1. The fraction of sp³-hybridized carbons (Fsp3) is 0.357. The van der Waals surface area contributed by atoms with E-state index in [1.54, 1.807) is 0 Å². The molecule has 3 aromatic carbocycles. The molecule has 2 atom stereocenters. The monoisotopic (exact) mass is 398 g/mol. The van der Waals surface area contributed by atoms with Gasteiger partial charge in [0.1, 0.15) is 23.7 Å². The van der Waals surface area contributed by atoms with E-state index in [1.165, 1.54) is 42.4 Å². The Morgan fingerprint density at radius 3 is 2.37 bits per heavy atom. The topological polar surface area (TPSA) is 18.5 Å². The summed E-state index contributed by atoms with van der Waals surface area (Å²) in [6, 6.07) is 25.4. The minimum Gasteiger partial charge on any atom is -0.489 e. The maximum Gasteiger partial charge on any atom is 0.131 e. The molecule has 0 N–H and O–H groups in total. The van der Waals surface area contributed by atoms with Gasteiger partial charge in [0.15, 0.2) is 0 Å². The summed E-state index contributed by atoms with van der Waals surface area (Å²) in [6.07, 6.45) is 5.08. The first kappa shape index (κ1) is 19.2. The molecule has 154 valence electrons. The van der Waals surface area contributed by atoms with E-state index in [1.807, 2.05) is 6.07 Å². The molecule has 5 rings (SSSR count). The SMILES string of the molecule is CC1(C)Oc2c(-c3ccccc3)cc(OCc3ccccc3)cc2[C@@H]2CCCC[C@H]21. The molecule has 0 bridgehead atoms. The van der Waals surface area contributed by atoms with Crippen LogP contribution in [0.3, 0.4) is 0 Å². The summed E-state index contributed by atoms with van der Waals surface area (Å²) < 4.78 is 13.0. The van der Waals surface area contributed by atoms with Gasteiger partial charge in [-0.1, -0.05) is 73.5 Å².